The minimum atomic E-state index is 0.436. The van der Waals surface area contributed by atoms with Crippen LogP contribution in [0.1, 0.15) is 38.8 Å². The van der Waals surface area contributed by atoms with Gasteiger partial charge < -0.3 is 10.5 Å². The maximum Gasteiger partial charge on any atom is 0.119 e. The summed E-state index contributed by atoms with van der Waals surface area (Å²) in [6, 6.07) is 9.49. The van der Waals surface area contributed by atoms with Gasteiger partial charge in [-0.15, -0.1) is 0 Å². The summed E-state index contributed by atoms with van der Waals surface area (Å²) in [6.07, 6.45) is 1.19. The largest absolute Gasteiger partial charge is 0.494 e. The van der Waals surface area contributed by atoms with Crippen LogP contribution in [0.4, 0.5) is 0 Å². The van der Waals surface area contributed by atoms with Crippen LogP contribution < -0.4 is 10.5 Å². The Balaban J connectivity index is 2.27. The van der Waals surface area contributed by atoms with Gasteiger partial charge in [-0.1, -0.05) is 12.1 Å². The van der Waals surface area contributed by atoms with Crippen molar-refractivity contribution in [2.45, 2.75) is 39.3 Å². The third-order valence-corrected chi connectivity index (χ3v) is 4.04. The number of benzene rings is 1. The molecule has 0 amide bonds. The van der Waals surface area contributed by atoms with E-state index in [1.807, 2.05) is 13.0 Å². The van der Waals surface area contributed by atoms with Crippen molar-refractivity contribution >= 4 is 0 Å². The zero-order valence-electron chi connectivity index (χ0n) is 12.3. The third kappa shape index (κ3) is 3.10. The van der Waals surface area contributed by atoms with E-state index in [0.717, 1.165) is 18.8 Å². The lowest BCUT2D eigenvalue weighted by Crippen LogP contribution is -2.33. The quantitative estimate of drug-likeness (QED) is 0.887. The highest BCUT2D eigenvalue weighted by Crippen LogP contribution is 2.38. The van der Waals surface area contributed by atoms with Gasteiger partial charge in [0, 0.05) is 12.1 Å². The van der Waals surface area contributed by atoms with Crippen molar-refractivity contribution in [2.75, 3.05) is 19.7 Å². The average Bonchev–Trinajstić information content (AvgIpc) is 2.83. The fraction of sp³-hybridized carbons (Fsp3) is 0.625. The Hall–Kier alpha value is -1.06. The monoisotopic (exact) mass is 262 g/mol. The van der Waals surface area contributed by atoms with E-state index >= 15 is 0 Å². The summed E-state index contributed by atoms with van der Waals surface area (Å²) in [5.74, 6) is 1.52. The maximum atomic E-state index is 5.96. The summed E-state index contributed by atoms with van der Waals surface area (Å²) >= 11 is 0. The first-order valence-electron chi connectivity index (χ1n) is 7.36. The van der Waals surface area contributed by atoms with Crippen LogP contribution in [0.3, 0.4) is 0 Å². The number of likely N-dealkylation sites (tertiary alicyclic amines) is 1. The molecule has 2 unspecified atom stereocenters. The topological polar surface area (TPSA) is 38.5 Å². The zero-order chi connectivity index (χ0) is 13.8. The Morgan fingerprint density at radius 1 is 1.42 bits per heavy atom. The van der Waals surface area contributed by atoms with Crippen molar-refractivity contribution in [1.29, 1.82) is 0 Å². The molecule has 1 aliphatic heterocycles. The van der Waals surface area contributed by atoms with Gasteiger partial charge in [-0.25, -0.2) is 0 Å². The summed E-state index contributed by atoms with van der Waals surface area (Å²) in [6.45, 7) is 9.15. The molecule has 0 aliphatic carbocycles. The Morgan fingerprint density at radius 2 is 2.21 bits per heavy atom. The van der Waals surface area contributed by atoms with Gasteiger partial charge in [-0.3, -0.25) is 4.90 Å². The lowest BCUT2D eigenvalue weighted by atomic mass is 9.93. The van der Waals surface area contributed by atoms with Crippen molar-refractivity contribution in [3.05, 3.63) is 29.8 Å². The summed E-state index contributed by atoms with van der Waals surface area (Å²) in [4.78, 5) is 2.56. The van der Waals surface area contributed by atoms with Crippen molar-refractivity contribution in [2.24, 2.45) is 11.7 Å². The summed E-state index contributed by atoms with van der Waals surface area (Å²) in [5, 5.41) is 0. The molecule has 19 heavy (non-hydrogen) atoms. The molecule has 1 saturated heterocycles. The van der Waals surface area contributed by atoms with Crippen molar-refractivity contribution in [1.82, 2.24) is 4.90 Å². The second kappa shape index (κ2) is 6.40. The highest BCUT2D eigenvalue weighted by molar-refractivity contribution is 5.31. The number of hydrogen-bond acceptors (Lipinski definition) is 3. The Bertz CT molecular complexity index is 405. The van der Waals surface area contributed by atoms with Gasteiger partial charge in [-0.05, 0) is 63.9 Å². The van der Waals surface area contributed by atoms with E-state index in [0.29, 0.717) is 24.6 Å². The molecule has 1 fully saturated rings. The molecule has 106 valence electrons. The molecule has 1 aliphatic rings. The normalized spacial score (nSPS) is 24.1. The number of hydrogen-bond donors (Lipinski definition) is 1. The molecule has 3 nitrogen and oxygen atoms in total. The molecule has 3 heteroatoms. The van der Waals surface area contributed by atoms with E-state index in [-0.39, 0.29) is 0 Å². The van der Waals surface area contributed by atoms with Gasteiger partial charge in [-0.2, -0.15) is 0 Å². The van der Waals surface area contributed by atoms with Crippen molar-refractivity contribution < 1.29 is 4.74 Å². The summed E-state index contributed by atoms with van der Waals surface area (Å²) in [5.41, 5.74) is 7.30. The van der Waals surface area contributed by atoms with Crippen LogP contribution in [0.2, 0.25) is 0 Å². The predicted molar refractivity (Wildman–Crippen MR) is 79.4 cm³/mol. The van der Waals surface area contributed by atoms with E-state index in [1.165, 1.54) is 12.0 Å². The molecule has 1 aromatic rings. The lowest BCUT2D eigenvalue weighted by Gasteiger charge is -2.31. The number of rotatable bonds is 5. The Kier molecular flexibility index (Phi) is 4.83. The van der Waals surface area contributed by atoms with Crippen molar-refractivity contribution in [3.8, 4) is 5.75 Å². The minimum absolute atomic E-state index is 0.436. The molecule has 2 N–H and O–H groups in total. The first kappa shape index (κ1) is 14.4. The molecule has 2 rings (SSSR count). The van der Waals surface area contributed by atoms with E-state index in [1.54, 1.807) is 0 Å². The van der Waals surface area contributed by atoms with Crippen LogP contribution in [0.5, 0.6) is 5.75 Å². The van der Waals surface area contributed by atoms with Crippen LogP contribution in [0.25, 0.3) is 0 Å². The molecular formula is C16H26N2O. The first-order valence-corrected chi connectivity index (χ1v) is 7.36. The zero-order valence-corrected chi connectivity index (χ0v) is 12.3. The van der Waals surface area contributed by atoms with Crippen LogP contribution >= 0.6 is 0 Å². The standard InChI is InChI=1S/C16H26N2O/c1-4-19-15-7-5-6-13(10-15)16-14(11-17)8-9-18(16)12(2)3/h5-7,10,12,14,16H,4,8-9,11,17H2,1-3H3. The second-order valence-corrected chi connectivity index (χ2v) is 5.57. The number of ether oxygens (including phenoxy) is 1. The molecule has 0 aromatic heterocycles. The highest BCUT2D eigenvalue weighted by Gasteiger charge is 2.35. The SMILES string of the molecule is CCOc1cccc(C2C(CN)CCN2C(C)C)c1. The molecule has 2 atom stereocenters. The highest BCUT2D eigenvalue weighted by atomic mass is 16.5. The van der Waals surface area contributed by atoms with E-state index < -0.39 is 0 Å². The van der Waals surface area contributed by atoms with Gasteiger partial charge in [0.25, 0.3) is 0 Å². The second-order valence-electron chi connectivity index (χ2n) is 5.57. The van der Waals surface area contributed by atoms with Gasteiger partial charge in [0.2, 0.25) is 0 Å². The summed E-state index contributed by atoms with van der Waals surface area (Å²) in [7, 11) is 0. The average molecular weight is 262 g/mol. The smallest absolute Gasteiger partial charge is 0.119 e. The van der Waals surface area contributed by atoms with Crippen LogP contribution in [0.15, 0.2) is 24.3 Å². The van der Waals surface area contributed by atoms with E-state index in [4.69, 9.17) is 10.5 Å². The fourth-order valence-corrected chi connectivity index (χ4v) is 3.13. The third-order valence-electron chi connectivity index (χ3n) is 4.04. The van der Waals surface area contributed by atoms with Crippen LogP contribution in [0, 0.1) is 5.92 Å². The summed E-state index contributed by atoms with van der Waals surface area (Å²) < 4.78 is 5.62. The fourth-order valence-electron chi connectivity index (χ4n) is 3.13. The van der Waals surface area contributed by atoms with E-state index in [9.17, 15) is 0 Å². The van der Waals surface area contributed by atoms with Crippen LogP contribution in [-0.4, -0.2) is 30.6 Å². The van der Waals surface area contributed by atoms with Crippen LogP contribution in [-0.2, 0) is 0 Å². The van der Waals surface area contributed by atoms with E-state index in [2.05, 4.69) is 36.9 Å². The molecule has 0 radical (unpaired) electrons. The molecule has 1 aromatic carbocycles. The first-order chi connectivity index (χ1) is 9.17. The molecule has 0 spiro atoms. The van der Waals surface area contributed by atoms with Crippen molar-refractivity contribution in [3.63, 3.8) is 0 Å². The predicted octanol–water partition coefficient (Wildman–Crippen LogP) is 2.82. The van der Waals surface area contributed by atoms with Gasteiger partial charge in [0.15, 0.2) is 0 Å². The van der Waals surface area contributed by atoms with Gasteiger partial charge >= 0.3 is 0 Å². The Morgan fingerprint density at radius 3 is 2.84 bits per heavy atom. The van der Waals surface area contributed by atoms with Gasteiger partial charge in [0.1, 0.15) is 5.75 Å². The number of nitrogens with zero attached hydrogens (tertiary/aromatic N) is 1. The Labute approximate surface area is 116 Å². The minimum Gasteiger partial charge on any atom is -0.494 e. The molecule has 1 heterocycles. The number of nitrogens with two attached hydrogens (primary N) is 1. The lowest BCUT2D eigenvalue weighted by molar-refractivity contribution is 0.184. The maximum absolute atomic E-state index is 5.96. The van der Waals surface area contributed by atoms with Gasteiger partial charge in [0.05, 0.1) is 6.61 Å². The molecular weight excluding hydrogens is 236 g/mol. The molecule has 0 bridgehead atoms. The molecule has 0 saturated carbocycles.